The molecule has 17 heavy (non-hydrogen) atoms. The maximum atomic E-state index is 4.10. The summed E-state index contributed by atoms with van der Waals surface area (Å²) < 4.78 is 1.17. The van der Waals surface area contributed by atoms with Crippen LogP contribution in [0.4, 0.5) is 0 Å². The maximum absolute atomic E-state index is 4.10. The summed E-state index contributed by atoms with van der Waals surface area (Å²) in [5.41, 5.74) is 4.14. The van der Waals surface area contributed by atoms with E-state index in [2.05, 4.69) is 74.0 Å². The normalized spacial score (nSPS) is 11.8. The smallest absolute Gasteiger partial charge is 0.0187 e. The van der Waals surface area contributed by atoms with Crippen LogP contribution in [0.2, 0.25) is 0 Å². The van der Waals surface area contributed by atoms with Gasteiger partial charge >= 0.3 is 0 Å². The van der Waals surface area contributed by atoms with Crippen molar-refractivity contribution < 1.29 is 0 Å². The Hall–Kier alpha value is -0.0900. The number of likely N-dealkylation sites (N-methyl/N-ethyl adjacent to an activating group) is 1. The van der Waals surface area contributed by atoms with Gasteiger partial charge in [-0.1, -0.05) is 58.0 Å². The van der Waals surface area contributed by atoms with Gasteiger partial charge in [-0.05, 0) is 40.7 Å². The first-order valence-corrected chi connectivity index (χ1v) is 7.70. The number of hydrogen-bond donors (Lipinski definition) is 0. The van der Waals surface area contributed by atoms with Crippen molar-refractivity contribution in [3.8, 4) is 0 Å². The van der Waals surface area contributed by atoms with Gasteiger partial charge in [0.1, 0.15) is 0 Å². The molecule has 0 saturated carbocycles. The molecule has 0 fully saturated rings. The number of alkyl halides is 1. The molecule has 0 unspecified atom stereocenters. The highest BCUT2D eigenvalue weighted by Gasteiger charge is 2.01. The molecule has 0 amide bonds. The van der Waals surface area contributed by atoms with Gasteiger partial charge in [0, 0.05) is 17.5 Å². The molecule has 0 aliphatic heterocycles. The highest BCUT2D eigenvalue weighted by molar-refractivity contribution is 14.1. The lowest BCUT2D eigenvalue weighted by Gasteiger charge is -2.17. The average Bonchev–Trinajstić information content (AvgIpc) is 2.23. The lowest BCUT2D eigenvalue weighted by Crippen LogP contribution is -2.22. The highest BCUT2D eigenvalue weighted by atomic mass is 127. The van der Waals surface area contributed by atoms with E-state index in [1.54, 1.807) is 0 Å². The molecule has 0 heterocycles. The quantitative estimate of drug-likeness (QED) is 0.268. The van der Waals surface area contributed by atoms with Crippen LogP contribution in [-0.2, 0) is 0 Å². The van der Waals surface area contributed by atoms with Crippen LogP contribution in [0.25, 0.3) is 0 Å². The second-order valence-corrected chi connectivity index (χ2v) is 6.01. The lowest BCUT2D eigenvalue weighted by molar-refractivity contribution is 0.364. The first kappa shape index (κ1) is 16.9. The van der Waals surface area contributed by atoms with E-state index < -0.39 is 0 Å². The van der Waals surface area contributed by atoms with E-state index in [-0.39, 0.29) is 0 Å². The maximum Gasteiger partial charge on any atom is 0.0187 e. The first-order valence-electron chi connectivity index (χ1n) is 6.17. The standard InChI is InChI=1S/C15H26IN/c1-13(2)6-7-14(3)9-11-17(5)12-15(4)8-10-16/h6-7H,4,8-12H2,1-3,5H3/b14-7+. The van der Waals surface area contributed by atoms with Crippen LogP contribution in [0.15, 0.2) is 35.5 Å². The molecule has 0 spiro atoms. The number of allylic oxidation sites excluding steroid dienone is 3. The molecule has 0 radical (unpaired) electrons. The zero-order valence-electron chi connectivity index (χ0n) is 11.7. The highest BCUT2D eigenvalue weighted by Crippen LogP contribution is 2.07. The Morgan fingerprint density at radius 3 is 2.35 bits per heavy atom. The van der Waals surface area contributed by atoms with Crippen molar-refractivity contribution in [2.45, 2.75) is 33.6 Å². The molecule has 0 aliphatic carbocycles. The zero-order valence-corrected chi connectivity index (χ0v) is 13.9. The van der Waals surface area contributed by atoms with Gasteiger partial charge in [0.15, 0.2) is 0 Å². The summed E-state index contributed by atoms with van der Waals surface area (Å²) in [5, 5.41) is 0. The zero-order chi connectivity index (χ0) is 13.3. The van der Waals surface area contributed by atoms with E-state index in [1.165, 1.54) is 21.1 Å². The van der Waals surface area contributed by atoms with Gasteiger partial charge in [-0.3, -0.25) is 0 Å². The predicted molar refractivity (Wildman–Crippen MR) is 87.9 cm³/mol. The first-order chi connectivity index (χ1) is 7.95. The molecule has 0 atom stereocenters. The third kappa shape index (κ3) is 10.8. The van der Waals surface area contributed by atoms with Gasteiger partial charge in [0.05, 0.1) is 0 Å². The lowest BCUT2D eigenvalue weighted by atomic mass is 10.1. The monoisotopic (exact) mass is 347 g/mol. The van der Waals surface area contributed by atoms with Gasteiger partial charge in [-0.15, -0.1) is 0 Å². The molecule has 0 saturated heterocycles. The van der Waals surface area contributed by atoms with Crippen LogP contribution in [0.3, 0.4) is 0 Å². The molecule has 0 aromatic carbocycles. The number of hydrogen-bond acceptors (Lipinski definition) is 1. The van der Waals surface area contributed by atoms with Crippen molar-refractivity contribution >= 4 is 22.6 Å². The SMILES string of the molecule is C=C(CCI)CN(C)CC/C(C)=C/C=C(C)C. The molecule has 0 N–H and O–H groups in total. The molecule has 98 valence electrons. The van der Waals surface area contributed by atoms with E-state index in [1.807, 2.05) is 0 Å². The van der Waals surface area contributed by atoms with Gasteiger partial charge in [0.2, 0.25) is 0 Å². The van der Waals surface area contributed by atoms with E-state index in [0.717, 1.165) is 25.9 Å². The Labute approximate surface area is 121 Å². The van der Waals surface area contributed by atoms with Crippen LogP contribution in [0.5, 0.6) is 0 Å². The second kappa shape index (κ2) is 9.89. The molecule has 0 aromatic heterocycles. The van der Waals surface area contributed by atoms with Crippen molar-refractivity contribution in [2.24, 2.45) is 0 Å². The van der Waals surface area contributed by atoms with Crippen LogP contribution >= 0.6 is 22.6 Å². The van der Waals surface area contributed by atoms with Crippen LogP contribution < -0.4 is 0 Å². The Bertz CT molecular complexity index is 285. The summed E-state index contributed by atoms with van der Waals surface area (Å²) in [5.74, 6) is 0. The molecule has 0 rings (SSSR count). The van der Waals surface area contributed by atoms with E-state index in [4.69, 9.17) is 0 Å². The fraction of sp³-hybridized carbons (Fsp3) is 0.600. The minimum atomic E-state index is 1.03. The number of halogens is 1. The topological polar surface area (TPSA) is 3.24 Å². The Morgan fingerprint density at radius 1 is 1.18 bits per heavy atom. The molecule has 0 bridgehead atoms. The largest absolute Gasteiger partial charge is 0.302 e. The summed E-state index contributed by atoms with van der Waals surface area (Å²) in [4.78, 5) is 2.36. The summed E-state index contributed by atoms with van der Waals surface area (Å²) >= 11 is 2.40. The molecular weight excluding hydrogens is 321 g/mol. The molecule has 0 aliphatic rings. The van der Waals surface area contributed by atoms with E-state index in [9.17, 15) is 0 Å². The van der Waals surface area contributed by atoms with Crippen molar-refractivity contribution in [1.82, 2.24) is 4.90 Å². The van der Waals surface area contributed by atoms with Crippen molar-refractivity contribution in [3.63, 3.8) is 0 Å². The number of nitrogens with zero attached hydrogens (tertiary/aromatic N) is 1. The Kier molecular flexibility index (Phi) is 9.84. The van der Waals surface area contributed by atoms with Crippen molar-refractivity contribution in [1.29, 1.82) is 0 Å². The van der Waals surface area contributed by atoms with E-state index >= 15 is 0 Å². The molecule has 1 nitrogen and oxygen atoms in total. The van der Waals surface area contributed by atoms with Gasteiger partial charge in [-0.2, -0.15) is 0 Å². The molecule has 0 aromatic rings. The number of rotatable bonds is 8. The van der Waals surface area contributed by atoms with Gasteiger partial charge in [-0.25, -0.2) is 0 Å². The van der Waals surface area contributed by atoms with E-state index in [0.29, 0.717) is 0 Å². The fourth-order valence-electron chi connectivity index (χ4n) is 1.43. The minimum Gasteiger partial charge on any atom is -0.302 e. The second-order valence-electron chi connectivity index (χ2n) is 4.93. The molecule has 2 heteroatoms. The van der Waals surface area contributed by atoms with Crippen LogP contribution in [0, 0.1) is 0 Å². The third-order valence-corrected chi connectivity index (χ3v) is 3.07. The fourth-order valence-corrected chi connectivity index (χ4v) is 2.20. The minimum absolute atomic E-state index is 1.03. The van der Waals surface area contributed by atoms with Gasteiger partial charge < -0.3 is 4.90 Å². The summed E-state index contributed by atoms with van der Waals surface area (Å²) in [7, 11) is 2.17. The summed E-state index contributed by atoms with van der Waals surface area (Å²) in [6.45, 7) is 12.7. The third-order valence-electron chi connectivity index (χ3n) is 2.53. The summed E-state index contributed by atoms with van der Waals surface area (Å²) in [6, 6.07) is 0. The van der Waals surface area contributed by atoms with Crippen LogP contribution in [-0.4, -0.2) is 29.5 Å². The average molecular weight is 347 g/mol. The predicted octanol–water partition coefficient (Wildman–Crippen LogP) is 4.60. The Balaban J connectivity index is 3.91. The van der Waals surface area contributed by atoms with Crippen molar-refractivity contribution in [3.05, 3.63) is 35.5 Å². The molecular formula is C15H26IN. The van der Waals surface area contributed by atoms with Crippen LogP contribution in [0.1, 0.15) is 33.6 Å². The Morgan fingerprint density at radius 2 is 1.82 bits per heavy atom. The van der Waals surface area contributed by atoms with Crippen molar-refractivity contribution in [2.75, 3.05) is 24.6 Å². The van der Waals surface area contributed by atoms with Gasteiger partial charge in [0.25, 0.3) is 0 Å². The summed E-state index contributed by atoms with van der Waals surface area (Å²) in [6.07, 6.45) is 6.68.